The minimum absolute atomic E-state index is 0.920. The molecule has 0 aliphatic rings. The van der Waals surface area contributed by atoms with E-state index in [1.54, 1.807) is 0 Å². The molecule has 0 heterocycles. The minimum atomic E-state index is 0.920. The molecule has 0 aliphatic heterocycles. The van der Waals surface area contributed by atoms with Crippen LogP contribution in [0.4, 0.5) is 0 Å². The van der Waals surface area contributed by atoms with Gasteiger partial charge in [-0.3, -0.25) is 0 Å². The quantitative estimate of drug-likeness (QED) is 0.592. The summed E-state index contributed by atoms with van der Waals surface area (Å²) in [7, 11) is 0. The van der Waals surface area contributed by atoms with E-state index in [0.29, 0.717) is 0 Å². The van der Waals surface area contributed by atoms with Crippen LogP contribution in [0.5, 0.6) is 0 Å². The van der Waals surface area contributed by atoms with Crippen LogP contribution < -0.4 is 0 Å². The summed E-state index contributed by atoms with van der Waals surface area (Å²) in [4.78, 5) is 0. The van der Waals surface area contributed by atoms with Gasteiger partial charge in [0, 0.05) is 0 Å². The molecule has 62 valence electrons. The van der Waals surface area contributed by atoms with E-state index in [9.17, 15) is 0 Å². The van der Waals surface area contributed by atoms with Crippen molar-refractivity contribution in [3.63, 3.8) is 0 Å². The van der Waals surface area contributed by atoms with Crippen molar-refractivity contribution in [2.45, 2.75) is 13.3 Å². The molecule has 0 aliphatic carbocycles. The van der Waals surface area contributed by atoms with Crippen molar-refractivity contribution < 1.29 is 0 Å². The highest BCUT2D eigenvalue weighted by atomic mass is 14.0. The van der Waals surface area contributed by atoms with Crippen molar-refractivity contribution >= 4 is 6.08 Å². The van der Waals surface area contributed by atoms with Gasteiger partial charge in [-0.1, -0.05) is 42.5 Å². The molecule has 1 aromatic rings. The van der Waals surface area contributed by atoms with Crippen LogP contribution in [-0.2, 0) is 6.42 Å². The summed E-state index contributed by atoms with van der Waals surface area (Å²) >= 11 is 0. The van der Waals surface area contributed by atoms with Crippen LogP contribution in [-0.4, -0.2) is 0 Å². The molecule has 0 fully saturated rings. The first kappa shape index (κ1) is 8.79. The number of aryl methyl sites for hydroxylation is 1. The first-order chi connectivity index (χ1) is 5.77. The van der Waals surface area contributed by atoms with Crippen molar-refractivity contribution in [1.82, 2.24) is 0 Å². The van der Waals surface area contributed by atoms with Crippen LogP contribution in [0.3, 0.4) is 0 Å². The van der Waals surface area contributed by atoms with Gasteiger partial charge in [0.2, 0.25) is 0 Å². The largest absolute Gasteiger partial charge is 0.103 e. The molecule has 1 rings (SSSR count). The molecule has 1 aromatic carbocycles. The molecule has 0 bridgehead atoms. The molecular weight excluding hydrogens is 144 g/mol. The Morgan fingerprint density at radius 2 is 2.08 bits per heavy atom. The van der Waals surface area contributed by atoms with E-state index in [1.165, 1.54) is 16.7 Å². The molecule has 0 amide bonds. The molecule has 12 heavy (non-hydrogen) atoms. The number of hydrogen-bond donors (Lipinski definition) is 0. The number of hydrogen-bond acceptors (Lipinski definition) is 0. The molecule has 0 nitrogen and oxygen atoms in total. The Balaban J connectivity index is 3.11. The molecule has 0 saturated heterocycles. The third-order valence-corrected chi connectivity index (χ3v) is 1.88. The lowest BCUT2D eigenvalue weighted by Crippen LogP contribution is -1.87. The van der Waals surface area contributed by atoms with Crippen LogP contribution in [0.25, 0.3) is 6.08 Å². The summed E-state index contributed by atoms with van der Waals surface area (Å²) in [5.74, 6) is 0. The van der Waals surface area contributed by atoms with E-state index in [4.69, 9.17) is 0 Å². The van der Waals surface area contributed by atoms with Crippen LogP contribution in [0.1, 0.15) is 16.7 Å². The van der Waals surface area contributed by atoms with Gasteiger partial charge in [0.25, 0.3) is 0 Å². The molecule has 0 N–H and O–H groups in total. The highest BCUT2D eigenvalue weighted by molar-refractivity contribution is 5.53. The fourth-order valence-corrected chi connectivity index (χ4v) is 1.27. The van der Waals surface area contributed by atoms with Crippen molar-refractivity contribution in [2.24, 2.45) is 0 Å². The standard InChI is InChI=1S/C12H14/c1-4-6-12-9-10(3)7-8-11(12)5-2/h4-5,7-9H,1-2,6H2,3H3. The van der Waals surface area contributed by atoms with Gasteiger partial charge in [-0.05, 0) is 24.5 Å². The Morgan fingerprint density at radius 3 is 2.67 bits per heavy atom. The Kier molecular flexibility index (Phi) is 2.87. The van der Waals surface area contributed by atoms with Crippen LogP contribution >= 0.6 is 0 Å². The predicted octanol–water partition coefficient (Wildman–Crippen LogP) is 3.37. The van der Waals surface area contributed by atoms with Crippen LogP contribution in [0.15, 0.2) is 37.4 Å². The Hall–Kier alpha value is -1.30. The van der Waals surface area contributed by atoms with Gasteiger partial charge in [0.05, 0.1) is 0 Å². The lowest BCUT2D eigenvalue weighted by molar-refractivity contribution is 1.24. The van der Waals surface area contributed by atoms with E-state index < -0.39 is 0 Å². The van der Waals surface area contributed by atoms with E-state index in [0.717, 1.165) is 6.42 Å². The van der Waals surface area contributed by atoms with Crippen LogP contribution in [0.2, 0.25) is 0 Å². The van der Waals surface area contributed by atoms with E-state index in [2.05, 4.69) is 38.3 Å². The smallest absolute Gasteiger partial charge is 0.00941 e. The number of benzene rings is 1. The molecule has 0 atom stereocenters. The summed E-state index contributed by atoms with van der Waals surface area (Å²) in [6, 6.07) is 6.38. The number of rotatable bonds is 3. The van der Waals surface area contributed by atoms with E-state index >= 15 is 0 Å². The van der Waals surface area contributed by atoms with Gasteiger partial charge >= 0.3 is 0 Å². The molecule has 0 unspecified atom stereocenters. The molecule has 0 heteroatoms. The third-order valence-electron chi connectivity index (χ3n) is 1.88. The normalized spacial score (nSPS) is 9.42. The second-order valence-electron chi connectivity index (χ2n) is 2.90. The maximum Gasteiger partial charge on any atom is -0.00941 e. The second kappa shape index (κ2) is 3.91. The van der Waals surface area contributed by atoms with Crippen molar-refractivity contribution in [1.29, 1.82) is 0 Å². The number of allylic oxidation sites excluding steroid dienone is 1. The van der Waals surface area contributed by atoms with Crippen molar-refractivity contribution in [3.8, 4) is 0 Å². The van der Waals surface area contributed by atoms with Gasteiger partial charge in [-0.25, -0.2) is 0 Å². The SMILES string of the molecule is C=CCc1cc(C)ccc1C=C. The monoisotopic (exact) mass is 158 g/mol. The Morgan fingerprint density at radius 1 is 1.33 bits per heavy atom. The highest BCUT2D eigenvalue weighted by Gasteiger charge is 1.96. The second-order valence-corrected chi connectivity index (χ2v) is 2.90. The Bertz CT molecular complexity index is 295. The topological polar surface area (TPSA) is 0 Å². The maximum atomic E-state index is 3.77. The van der Waals surface area contributed by atoms with E-state index in [-0.39, 0.29) is 0 Å². The van der Waals surface area contributed by atoms with E-state index in [1.807, 2.05) is 12.2 Å². The lowest BCUT2D eigenvalue weighted by atomic mass is 10.0. The molecule has 0 radical (unpaired) electrons. The average molecular weight is 158 g/mol. The first-order valence-electron chi connectivity index (χ1n) is 4.11. The fourth-order valence-electron chi connectivity index (χ4n) is 1.27. The maximum absolute atomic E-state index is 3.77. The summed E-state index contributed by atoms with van der Waals surface area (Å²) in [6.45, 7) is 9.59. The van der Waals surface area contributed by atoms with Crippen LogP contribution in [0, 0.1) is 6.92 Å². The lowest BCUT2D eigenvalue weighted by Gasteiger charge is -2.03. The minimum Gasteiger partial charge on any atom is -0.103 e. The molecule has 0 aromatic heterocycles. The van der Waals surface area contributed by atoms with Crippen molar-refractivity contribution in [2.75, 3.05) is 0 Å². The van der Waals surface area contributed by atoms with Gasteiger partial charge in [0.1, 0.15) is 0 Å². The summed E-state index contributed by atoms with van der Waals surface area (Å²) in [5.41, 5.74) is 3.80. The highest BCUT2D eigenvalue weighted by Crippen LogP contribution is 2.13. The Labute approximate surface area is 74.2 Å². The molecular formula is C12H14. The van der Waals surface area contributed by atoms with Gasteiger partial charge in [-0.15, -0.1) is 6.58 Å². The zero-order chi connectivity index (χ0) is 8.97. The molecule has 0 spiro atoms. The third kappa shape index (κ3) is 1.85. The predicted molar refractivity (Wildman–Crippen MR) is 55.2 cm³/mol. The summed E-state index contributed by atoms with van der Waals surface area (Å²) in [5, 5.41) is 0. The first-order valence-corrected chi connectivity index (χ1v) is 4.11. The average Bonchev–Trinajstić information content (AvgIpc) is 2.05. The zero-order valence-corrected chi connectivity index (χ0v) is 7.51. The van der Waals surface area contributed by atoms with Crippen molar-refractivity contribution in [3.05, 3.63) is 54.1 Å². The van der Waals surface area contributed by atoms with Gasteiger partial charge < -0.3 is 0 Å². The van der Waals surface area contributed by atoms with Gasteiger partial charge in [-0.2, -0.15) is 0 Å². The summed E-state index contributed by atoms with van der Waals surface area (Å²) in [6.07, 6.45) is 4.73. The molecule has 0 saturated carbocycles. The van der Waals surface area contributed by atoms with Gasteiger partial charge in [0.15, 0.2) is 0 Å². The fraction of sp³-hybridized carbons (Fsp3) is 0.167. The summed E-state index contributed by atoms with van der Waals surface area (Å²) < 4.78 is 0. The zero-order valence-electron chi connectivity index (χ0n) is 7.51.